The molecule has 1 aromatic heterocycles. The fourth-order valence-corrected chi connectivity index (χ4v) is 2.96. The summed E-state index contributed by atoms with van der Waals surface area (Å²) in [5, 5.41) is 8.40. The topological polar surface area (TPSA) is 66.0 Å². The molecule has 1 heterocycles. The molecule has 3 N–H and O–H groups in total. The third-order valence-electron chi connectivity index (χ3n) is 2.79. The Morgan fingerprint density at radius 2 is 2.16 bits per heavy atom. The average molecular weight is 276 g/mol. The summed E-state index contributed by atoms with van der Waals surface area (Å²) in [4.78, 5) is 6.91. The van der Waals surface area contributed by atoms with E-state index in [1.165, 1.54) is 4.70 Å². The van der Waals surface area contributed by atoms with Crippen molar-refractivity contribution in [3.8, 4) is 0 Å². The van der Waals surface area contributed by atoms with Crippen molar-refractivity contribution in [1.29, 1.82) is 5.41 Å². The molecule has 0 aliphatic rings. The summed E-state index contributed by atoms with van der Waals surface area (Å²) in [6.07, 6.45) is 0.586. The van der Waals surface area contributed by atoms with Gasteiger partial charge in [0, 0.05) is 19.5 Å². The second-order valence-corrected chi connectivity index (χ2v) is 6.09. The Bertz CT molecular complexity index is 528. The average Bonchev–Trinajstić information content (AvgIpc) is 2.77. The number of hydrogen-bond donors (Lipinski definition) is 2. The van der Waals surface area contributed by atoms with Gasteiger partial charge < -0.3 is 10.6 Å². The first-order valence-corrected chi connectivity index (χ1v) is 7.31. The fourth-order valence-electron chi connectivity index (χ4n) is 1.96. The number of rotatable bonds is 6. The van der Waals surface area contributed by atoms with Gasteiger partial charge in [-0.3, -0.25) is 5.41 Å². The van der Waals surface area contributed by atoms with Crippen molar-refractivity contribution < 1.29 is 0 Å². The number of fused-ring (bicyclic) bond motifs is 1. The Kier molecular flexibility index (Phi) is 4.37. The molecule has 0 aliphatic heterocycles. The van der Waals surface area contributed by atoms with E-state index in [2.05, 4.69) is 29.8 Å². The highest BCUT2D eigenvalue weighted by Crippen LogP contribution is 2.29. The lowest BCUT2D eigenvalue weighted by atomic mass is 10.2. The van der Waals surface area contributed by atoms with E-state index in [0.29, 0.717) is 12.3 Å². The molecular weight excluding hydrogens is 256 g/mol. The third-order valence-corrected chi connectivity index (χ3v) is 3.89. The van der Waals surface area contributed by atoms with E-state index in [1.807, 2.05) is 18.2 Å². The Morgan fingerprint density at radius 1 is 1.42 bits per heavy atom. The van der Waals surface area contributed by atoms with Crippen molar-refractivity contribution >= 4 is 32.5 Å². The summed E-state index contributed by atoms with van der Waals surface area (Å²) < 4.78 is 1.20. The summed E-state index contributed by atoms with van der Waals surface area (Å²) in [5.74, 6) is 0.786. The number of thiazole rings is 1. The maximum atomic E-state index is 7.37. The van der Waals surface area contributed by atoms with Crippen LogP contribution in [0.25, 0.3) is 10.2 Å². The number of benzene rings is 1. The SMILES string of the molecule is CC(C)CN(CCC(=N)N)c1nc2ccccc2s1. The van der Waals surface area contributed by atoms with Crippen LogP contribution < -0.4 is 10.6 Å². The van der Waals surface area contributed by atoms with Crippen LogP contribution in [0.1, 0.15) is 20.3 Å². The minimum atomic E-state index is 0.231. The van der Waals surface area contributed by atoms with Crippen molar-refractivity contribution in [1.82, 2.24) is 4.98 Å². The van der Waals surface area contributed by atoms with Crippen molar-refractivity contribution in [2.45, 2.75) is 20.3 Å². The molecule has 0 fully saturated rings. The molecular formula is C14H20N4S. The van der Waals surface area contributed by atoms with Gasteiger partial charge in [0.2, 0.25) is 0 Å². The van der Waals surface area contributed by atoms with Crippen LogP contribution in [0.15, 0.2) is 24.3 Å². The number of nitrogens with two attached hydrogens (primary N) is 1. The van der Waals surface area contributed by atoms with E-state index < -0.39 is 0 Å². The lowest BCUT2D eigenvalue weighted by molar-refractivity contribution is 0.612. The number of nitrogens with zero attached hydrogens (tertiary/aromatic N) is 2. The molecule has 0 atom stereocenters. The van der Waals surface area contributed by atoms with Crippen LogP contribution in [0.5, 0.6) is 0 Å². The predicted molar refractivity (Wildman–Crippen MR) is 83.2 cm³/mol. The molecule has 0 spiro atoms. The molecule has 5 heteroatoms. The maximum Gasteiger partial charge on any atom is 0.186 e. The molecule has 4 nitrogen and oxygen atoms in total. The number of hydrogen-bond acceptors (Lipinski definition) is 4. The van der Waals surface area contributed by atoms with E-state index in [4.69, 9.17) is 11.1 Å². The summed E-state index contributed by atoms with van der Waals surface area (Å²) in [6.45, 7) is 6.07. The van der Waals surface area contributed by atoms with Gasteiger partial charge in [-0.15, -0.1) is 0 Å². The van der Waals surface area contributed by atoms with Gasteiger partial charge in [0.05, 0.1) is 16.1 Å². The first-order valence-electron chi connectivity index (χ1n) is 6.49. The highest BCUT2D eigenvalue weighted by molar-refractivity contribution is 7.22. The lowest BCUT2D eigenvalue weighted by Crippen LogP contribution is -2.31. The van der Waals surface area contributed by atoms with E-state index in [0.717, 1.165) is 23.7 Å². The second-order valence-electron chi connectivity index (χ2n) is 5.08. The van der Waals surface area contributed by atoms with Gasteiger partial charge in [0.25, 0.3) is 0 Å². The zero-order chi connectivity index (χ0) is 13.8. The van der Waals surface area contributed by atoms with Crippen LogP contribution in [-0.4, -0.2) is 23.9 Å². The van der Waals surface area contributed by atoms with E-state index in [1.54, 1.807) is 11.3 Å². The number of amidine groups is 1. The monoisotopic (exact) mass is 276 g/mol. The lowest BCUT2D eigenvalue weighted by Gasteiger charge is -2.23. The number of nitrogens with one attached hydrogen (secondary N) is 1. The van der Waals surface area contributed by atoms with E-state index >= 15 is 0 Å². The molecule has 1 aromatic carbocycles. The molecule has 0 amide bonds. The van der Waals surface area contributed by atoms with Gasteiger partial charge in [0.1, 0.15) is 0 Å². The van der Waals surface area contributed by atoms with Crippen molar-refractivity contribution in [2.75, 3.05) is 18.0 Å². The van der Waals surface area contributed by atoms with E-state index in [9.17, 15) is 0 Å². The van der Waals surface area contributed by atoms with Crippen LogP contribution >= 0.6 is 11.3 Å². The first kappa shape index (κ1) is 13.8. The summed E-state index contributed by atoms with van der Waals surface area (Å²) >= 11 is 1.70. The van der Waals surface area contributed by atoms with Gasteiger partial charge in [-0.05, 0) is 18.1 Å². The second kappa shape index (κ2) is 6.02. The Morgan fingerprint density at radius 3 is 2.79 bits per heavy atom. The minimum Gasteiger partial charge on any atom is -0.388 e. The molecule has 19 heavy (non-hydrogen) atoms. The molecule has 102 valence electrons. The van der Waals surface area contributed by atoms with E-state index in [-0.39, 0.29) is 5.84 Å². The number of para-hydroxylation sites is 1. The van der Waals surface area contributed by atoms with Crippen molar-refractivity contribution in [3.63, 3.8) is 0 Å². The Balaban J connectivity index is 2.22. The Hall–Kier alpha value is -1.62. The summed E-state index contributed by atoms with van der Waals surface area (Å²) in [7, 11) is 0. The third kappa shape index (κ3) is 3.67. The number of anilines is 1. The molecule has 0 radical (unpaired) electrons. The van der Waals surface area contributed by atoms with Crippen LogP contribution in [-0.2, 0) is 0 Å². The first-order chi connectivity index (χ1) is 9.06. The van der Waals surface area contributed by atoms with Gasteiger partial charge >= 0.3 is 0 Å². The predicted octanol–water partition coefficient (Wildman–Crippen LogP) is 3.08. The zero-order valence-electron chi connectivity index (χ0n) is 11.4. The molecule has 0 unspecified atom stereocenters. The standard InChI is InChI=1S/C14H20N4S/c1-10(2)9-18(8-7-13(15)16)14-17-11-5-3-4-6-12(11)19-14/h3-6,10H,7-9H2,1-2H3,(H3,15,16). The summed E-state index contributed by atoms with van der Waals surface area (Å²) in [5.41, 5.74) is 6.51. The van der Waals surface area contributed by atoms with Gasteiger partial charge in [-0.25, -0.2) is 4.98 Å². The van der Waals surface area contributed by atoms with Crippen LogP contribution in [0.2, 0.25) is 0 Å². The van der Waals surface area contributed by atoms with Gasteiger partial charge in [-0.2, -0.15) is 0 Å². The van der Waals surface area contributed by atoms with Crippen LogP contribution in [0.3, 0.4) is 0 Å². The highest BCUT2D eigenvalue weighted by atomic mass is 32.1. The minimum absolute atomic E-state index is 0.231. The Labute approximate surface area is 117 Å². The molecule has 2 aromatic rings. The fraction of sp³-hybridized carbons (Fsp3) is 0.429. The normalized spacial score (nSPS) is 11.1. The molecule has 0 aliphatic carbocycles. The molecule has 0 saturated carbocycles. The zero-order valence-corrected chi connectivity index (χ0v) is 12.2. The molecule has 2 rings (SSSR count). The quantitative estimate of drug-likeness (QED) is 0.629. The number of aromatic nitrogens is 1. The summed E-state index contributed by atoms with van der Waals surface area (Å²) in [6, 6.07) is 8.17. The molecule has 0 bridgehead atoms. The van der Waals surface area contributed by atoms with Crippen molar-refractivity contribution in [3.05, 3.63) is 24.3 Å². The van der Waals surface area contributed by atoms with Gasteiger partial charge in [0.15, 0.2) is 5.13 Å². The van der Waals surface area contributed by atoms with Crippen LogP contribution in [0, 0.1) is 11.3 Å². The highest BCUT2D eigenvalue weighted by Gasteiger charge is 2.13. The van der Waals surface area contributed by atoms with Crippen molar-refractivity contribution in [2.24, 2.45) is 11.7 Å². The largest absolute Gasteiger partial charge is 0.388 e. The smallest absolute Gasteiger partial charge is 0.186 e. The maximum absolute atomic E-state index is 7.37. The molecule has 0 saturated heterocycles. The van der Waals surface area contributed by atoms with Gasteiger partial charge in [-0.1, -0.05) is 37.3 Å². The van der Waals surface area contributed by atoms with Crippen LogP contribution in [0.4, 0.5) is 5.13 Å².